The van der Waals surface area contributed by atoms with E-state index >= 15 is 0 Å². The molecule has 2 amide bonds. The van der Waals surface area contributed by atoms with Gasteiger partial charge in [-0.25, -0.2) is 4.79 Å². The second-order valence-electron chi connectivity index (χ2n) is 5.97. The molecule has 3 aromatic rings. The van der Waals surface area contributed by atoms with E-state index in [0.29, 0.717) is 17.8 Å². The highest BCUT2D eigenvalue weighted by Gasteiger charge is 2.16. The number of urea groups is 1. The molecule has 0 saturated carbocycles. The molecular weight excluding hydrogens is 324 g/mol. The van der Waals surface area contributed by atoms with Gasteiger partial charge in [-0.05, 0) is 48.9 Å². The van der Waals surface area contributed by atoms with Crippen LogP contribution in [0.25, 0.3) is 0 Å². The predicted molar refractivity (Wildman–Crippen MR) is 105 cm³/mol. The minimum absolute atomic E-state index is 0.00198. The van der Waals surface area contributed by atoms with E-state index in [1.165, 1.54) is 6.92 Å². The lowest BCUT2D eigenvalue weighted by Gasteiger charge is -2.23. The van der Waals surface area contributed by atoms with E-state index in [4.69, 9.17) is 0 Å². The van der Waals surface area contributed by atoms with Gasteiger partial charge in [0.25, 0.3) is 0 Å². The fraction of sp³-hybridized carbons (Fsp3) is 0.0909. The van der Waals surface area contributed by atoms with Crippen LogP contribution in [0.3, 0.4) is 0 Å². The van der Waals surface area contributed by atoms with Gasteiger partial charge in [-0.3, -0.25) is 9.69 Å². The number of anilines is 2. The molecule has 4 heteroatoms. The molecule has 0 fully saturated rings. The van der Waals surface area contributed by atoms with E-state index in [1.807, 2.05) is 60.7 Å². The molecule has 0 heterocycles. The Morgan fingerprint density at radius 1 is 0.808 bits per heavy atom. The van der Waals surface area contributed by atoms with Gasteiger partial charge >= 0.3 is 6.03 Å². The Hall–Kier alpha value is -3.40. The van der Waals surface area contributed by atoms with Gasteiger partial charge in [0.15, 0.2) is 5.78 Å². The van der Waals surface area contributed by atoms with Crippen molar-refractivity contribution < 1.29 is 9.59 Å². The third-order valence-electron chi connectivity index (χ3n) is 4.04. The molecule has 0 unspecified atom stereocenters. The molecule has 0 spiro atoms. The smallest absolute Gasteiger partial charge is 0.308 e. The zero-order chi connectivity index (χ0) is 18.4. The van der Waals surface area contributed by atoms with Gasteiger partial charge in [0.1, 0.15) is 0 Å². The molecule has 3 aromatic carbocycles. The number of rotatable bonds is 5. The van der Waals surface area contributed by atoms with Crippen LogP contribution in [-0.4, -0.2) is 11.8 Å². The first kappa shape index (κ1) is 17.4. The van der Waals surface area contributed by atoms with Crippen LogP contribution in [0.2, 0.25) is 0 Å². The number of benzene rings is 3. The summed E-state index contributed by atoms with van der Waals surface area (Å²) in [7, 11) is 0. The molecule has 0 radical (unpaired) electrons. The van der Waals surface area contributed by atoms with Crippen LogP contribution < -0.4 is 10.2 Å². The number of hydrogen-bond donors (Lipinski definition) is 1. The molecule has 0 bridgehead atoms. The summed E-state index contributed by atoms with van der Waals surface area (Å²) in [5.41, 5.74) is 3.12. The summed E-state index contributed by atoms with van der Waals surface area (Å²) in [6.45, 7) is 1.98. The number of carbonyl (C=O) groups is 2. The van der Waals surface area contributed by atoms with Crippen molar-refractivity contribution in [3.8, 4) is 0 Å². The average Bonchev–Trinajstić information content (AvgIpc) is 2.68. The summed E-state index contributed by atoms with van der Waals surface area (Å²) < 4.78 is 0. The highest BCUT2D eigenvalue weighted by Crippen LogP contribution is 2.19. The highest BCUT2D eigenvalue weighted by molar-refractivity contribution is 6.02. The lowest BCUT2D eigenvalue weighted by Crippen LogP contribution is -2.34. The minimum atomic E-state index is -0.226. The van der Waals surface area contributed by atoms with Crippen molar-refractivity contribution in [2.75, 3.05) is 10.2 Å². The molecular formula is C22H20N2O2. The Balaban J connectivity index is 1.81. The maximum atomic E-state index is 12.9. The maximum absolute atomic E-state index is 12.9. The lowest BCUT2D eigenvalue weighted by molar-refractivity contribution is 0.101. The second kappa shape index (κ2) is 8.12. The number of amides is 2. The Morgan fingerprint density at radius 2 is 1.38 bits per heavy atom. The number of hydrogen-bond acceptors (Lipinski definition) is 2. The van der Waals surface area contributed by atoms with Crippen LogP contribution >= 0.6 is 0 Å². The SMILES string of the molecule is CC(=O)c1ccc(NC(=O)N(Cc2ccccc2)c2ccccc2)cc1. The Labute approximate surface area is 153 Å². The first-order valence-electron chi connectivity index (χ1n) is 8.42. The van der Waals surface area contributed by atoms with Crippen LogP contribution in [0.4, 0.5) is 16.2 Å². The molecule has 0 atom stereocenters. The van der Waals surface area contributed by atoms with Crippen molar-refractivity contribution in [3.63, 3.8) is 0 Å². The fourth-order valence-corrected chi connectivity index (χ4v) is 2.63. The summed E-state index contributed by atoms with van der Waals surface area (Å²) in [4.78, 5) is 26.0. The number of carbonyl (C=O) groups excluding carboxylic acids is 2. The van der Waals surface area contributed by atoms with E-state index < -0.39 is 0 Å². The summed E-state index contributed by atoms with van der Waals surface area (Å²) >= 11 is 0. The van der Waals surface area contributed by atoms with Gasteiger partial charge < -0.3 is 5.32 Å². The molecule has 0 aromatic heterocycles. The van der Waals surface area contributed by atoms with Crippen molar-refractivity contribution in [1.82, 2.24) is 0 Å². The van der Waals surface area contributed by atoms with Gasteiger partial charge in [0.2, 0.25) is 0 Å². The molecule has 0 saturated heterocycles. The molecule has 4 nitrogen and oxygen atoms in total. The zero-order valence-electron chi connectivity index (χ0n) is 14.6. The third kappa shape index (κ3) is 4.36. The number of para-hydroxylation sites is 1. The van der Waals surface area contributed by atoms with E-state index in [0.717, 1.165) is 11.3 Å². The van der Waals surface area contributed by atoms with E-state index in [9.17, 15) is 9.59 Å². The first-order chi connectivity index (χ1) is 12.6. The summed E-state index contributed by atoms with van der Waals surface area (Å²) in [6, 6.07) is 26.0. The van der Waals surface area contributed by atoms with Crippen molar-refractivity contribution in [2.24, 2.45) is 0 Å². The quantitative estimate of drug-likeness (QED) is 0.653. The molecule has 0 aliphatic carbocycles. The van der Waals surface area contributed by atoms with Crippen LogP contribution in [0.15, 0.2) is 84.9 Å². The molecule has 26 heavy (non-hydrogen) atoms. The largest absolute Gasteiger partial charge is 0.326 e. The van der Waals surface area contributed by atoms with Crippen molar-refractivity contribution in [2.45, 2.75) is 13.5 Å². The standard InChI is InChI=1S/C22H20N2O2/c1-17(25)19-12-14-20(15-13-19)23-22(26)24(21-10-6-3-7-11-21)16-18-8-4-2-5-9-18/h2-15H,16H2,1H3,(H,23,26). The Bertz CT molecular complexity index is 875. The van der Waals surface area contributed by atoms with Crippen LogP contribution in [-0.2, 0) is 6.54 Å². The lowest BCUT2D eigenvalue weighted by atomic mass is 10.1. The molecule has 3 rings (SSSR count). The normalized spacial score (nSPS) is 10.2. The summed E-state index contributed by atoms with van der Waals surface area (Å²) in [5, 5.41) is 2.90. The van der Waals surface area contributed by atoms with Gasteiger partial charge in [0.05, 0.1) is 6.54 Å². The van der Waals surface area contributed by atoms with Crippen molar-refractivity contribution >= 4 is 23.2 Å². The average molecular weight is 344 g/mol. The maximum Gasteiger partial charge on any atom is 0.326 e. The topological polar surface area (TPSA) is 49.4 Å². The molecule has 0 aliphatic rings. The second-order valence-corrected chi connectivity index (χ2v) is 5.97. The van der Waals surface area contributed by atoms with E-state index in [-0.39, 0.29) is 11.8 Å². The molecule has 130 valence electrons. The highest BCUT2D eigenvalue weighted by atomic mass is 16.2. The van der Waals surface area contributed by atoms with E-state index in [1.54, 1.807) is 29.2 Å². The van der Waals surface area contributed by atoms with Crippen molar-refractivity contribution in [3.05, 3.63) is 96.1 Å². The van der Waals surface area contributed by atoms with Crippen LogP contribution in [0.5, 0.6) is 0 Å². The third-order valence-corrected chi connectivity index (χ3v) is 4.04. The van der Waals surface area contributed by atoms with Gasteiger partial charge in [0, 0.05) is 16.9 Å². The number of ketones is 1. The van der Waals surface area contributed by atoms with Crippen LogP contribution in [0.1, 0.15) is 22.8 Å². The monoisotopic (exact) mass is 344 g/mol. The van der Waals surface area contributed by atoms with E-state index in [2.05, 4.69) is 5.32 Å². The molecule has 0 aliphatic heterocycles. The molecule has 1 N–H and O–H groups in total. The van der Waals surface area contributed by atoms with Gasteiger partial charge in [-0.15, -0.1) is 0 Å². The number of Topliss-reactive ketones (excluding diaryl/α,β-unsaturated/α-hetero) is 1. The van der Waals surface area contributed by atoms with Crippen molar-refractivity contribution in [1.29, 1.82) is 0 Å². The number of nitrogens with zero attached hydrogens (tertiary/aromatic N) is 1. The summed E-state index contributed by atoms with van der Waals surface area (Å²) in [6.07, 6.45) is 0. The Kier molecular flexibility index (Phi) is 5.44. The number of nitrogens with one attached hydrogen (secondary N) is 1. The van der Waals surface area contributed by atoms with Gasteiger partial charge in [-0.1, -0.05) is 48.5 Å². The fourth-order valence-electron chi connectivity index (χ4n) is 2.63. The predicted octanol–water partition coefficient (Wildman–Crippen LogP) is 5.13. The first-order valence-corrected chi connectivity index (χ1v) is 8.42. The Morgan fingerprint density at radius 3 is 1.96 bits per heavy atom. The zero-order valence-corrected chi connectivity index (χ0v) is 14.6. The van der Waals surface area contributed by atoms with Gasteiger partial charge in [-0.2, -0.15) is 0 Å². The minimum Gasteiger partial charge on any atom is -0.308 e. The van der Waals surface area contributed by atoms with Crippen LogP contribution in [0, 0.1) is 0 Å². The summed E-state index contributed by atoms with van der Waals surface area (Å²) in [5.74, 6) is -0.00198.